The minimum atomic E-state index is -0.0257. The van der Waals surface area contributed by atoms with Crippen LogP contribution in [-0.2, 0) is 35.5 Å². The molecular weight excluding hydrogens is 840 g/mol. The molecule has 7 aromatic rings. The molecule has 2 aliphatic carbocycles. The Hall–Kier alpha value is -4.80. The monoisotopic (exact) mass is 913 g/mol. The molecule has 0 spiro atoms. The van der Waals surface area contributed by atoms with E-state index in [1.54, 1.807) is 22.4 Å². The predicted octanol–water partition coefficient (Wildman–Crippen LogP) is 17.1. The number of aryl methyl sites for hydroxylation is 3. The maximum atomic E-state index is 3.06. The molecule has 1 aromatic heterocycles. The van der Waals surface area contributed by atoms with E-state index in [-0.39, 0.29) is 28.6 Å². The maximum absolute atomic E-state index is 3.06. The van der Waals surface area contributed by atoms with Crippen LogP contribution in [0.2, 0.25) is 0 Å². The fourth-order valence-electron chi connectivity index (χ4n) is 14.3. The summed E-state index contributed by atoms with van der Waals surface area (Å²) >= 11 is 2.03. The average molecular weight is 913 g/mol. The molecule has 12 rings (SSSR count). The van der Waals surface area contributed by atoms with Crippen LogP contribution in [0.1, 0.15) is 173 Å². The van der Waals surface area contributed by atoms with E-state index in [1.807, 2.05) is 11.3 Å². The van der Waals surface area contributed by atoms with Crippen LogP contribution in [-0.4, -0.2) is 12.4 Å². The van der Waals surface area contributed by atoms with Crippen LogP contribution in [0.5, 0.6) is 0 Å². The summed E-state index contributed by atoms with van der Waals surface area (Å²) in [6.07, 6.45) is 18.0. The lowest BCUT2D eigenvalue weighted by atomic mass is 9.42. The van der Waals surface area contributed by atoms with Crippen molar-refractivity contribution in [2.45, 2.75) is 180 Å². The molecule has 1 fully saturated rings. The molecule has 5 aliphatic rings. The van der Waals surface area contributed by atoms with Crippen LogP contribution >= 0.6 is 11.3 Å². The Bertz CT molecular complexity index is 3150. The zero-order valence-electron chi connectivity index (χ0n) is 42.7. The van der Waals surface area contributed by atoms with Crippen LogP contribution in [0.15, 0.2) is 97.1 Å². The summed E-state index contributed by atoms with van der Waals surface area (Å²) in [6, 6.07) is 40.1. The second kappa shape index (κ2) is 16.1. The van der Waals surface area contributed by atoms with Gasteiger partial charge in [-0.05, 0) is 180 Å². The Balaban J connectivity index is 1.24. The van der Waals surface area contributed by atoms with Gasteiger partial charge in [-0.2, -0.15) is 0 Å². The van der Waals surface area contributed by atoms with Crippen LogP contribution in [0.25, 0.3) is 42.4 Å². The lowest BCUT2D eigenvalue weighted by Gasteiger charge is -2.55. The Labute approximate surface area is 412 Å². The molecule has 68 heavy (non-hydrogen) atoms. The third kappa shape index (κ3) is 6.40. The number of fused-ring (bicyclic) bond motifs is 12. The van der Waals surface area contributed by atoms with E-state index in [1.165, 1.54) is 164 Å². The molecule has 0 radical (unpaired) electrons. The summed E-state index contributed by atoms with van der Waals surface area (Å²) in [6.45, 7) is 22.5. The van der Waals surface area contributed by atoms with E-state index in [4.69, 9.17) is 0 Å². The van der Waals surface area contributed by atoms with Crippen LogP contribution in [0.3, 0.4) is 0 Å². The smallest absolute Gasteiger partial charge is 0.328 e. The first-order valence-electron chi connectivity index (χ1n) is 27.0. The van der Waals surface area contributed by atoms with Crippen molar-refractivity contribution >= 4 is 72.0 Å². The molecule has 0 N–H and O–H groups in total. The number of nitrogens with zero attached hydrogens (tertiary/aromatic N) is 2. The molecule has 0 saturated heterocycles. The summed E-state index contributed by atoms with van der Waals surface area (Å²) in [7, 11) is 0. The zero-order chi connectivity index (χ0) is 46.9. The van der Waals surface area contributed by atoms with Gasteiger partial charge in [-0.15, -0.1) is 11.3 Å². The molecule has 4 heterocycles. The lowest BCUT2D eigenvalue weighted by Crippen LogP contribution is -2.70. The first-order chi connectivity index (χ1) is 32.8. The predicted molar refractivity (Wildman–Crippen MR) is 298 cm³/mol. The van der Waals surface area contributed by atoms with Gasteiger partial charge in [0.2, 0.25) is 0 Å². The Morgan fingerprint density at radius 2 is 1.19 bits per heavy atom. The number of rotatable bonds is 11. The van der Waals surface area contributed by atoms with Crippen molar-refractivity contribution in [3.63, 3.8) is 0 Å². The van der Waals surface area contributed by atoms with Crippen LogP contribution in [0, 0.1) is 0 Å². The van der Waals surface area contributed by atoms with Gasteiger partial charge >= 0.3 is 6.85 Å². The standard InChI is InChI=1S/C64H73BN2S/c1-10-13-21-41-26-28-53(45(34-41)44-24-17-16-18-25-44)66-54-38-43(23-15-12-3)35-46-47-36-42(22-14-11-2)37-51-59(47)67(64(9)31-20-19-30-63(51,64)8)65(58(46)54)52-27-29-55-57(60(52)66)48-39-49-50(40-56(48)68-55)62(6,7)33-32-61(49,4)5/h16-18,24-29,34-40H,10-15,19-23,30-33H2,1-9H3. The second-order valence-electron chi connectivity index (χ2n) is 23.7. The van der Waals surface area contributed by atoms with Gasteiger partial charge in [-0.3, -0.25) is 0 Å². The summed E-state index contributed by atoms with van der Waals surface area (Å²) in [4.78, 5) is 5.90. The van der Waals surface area contributed by atoms with Gasteiger partial charge in [0.1, 0.15) is 0 Å². The Morgan fingerprint density at radius 3 is 1.91 bits per heavy atom. The molecule has 348 valence electrons. The molecule has 3 aliphatic heterocycles. The van der Waals surface area contributed by atoms with Gasteiger partial charge in [0.15, 0.2) is 0 Å². The zero-order valence-corrected chi connectivity index (χ0v) is 43.5. The normalized spacial score (nSPS) is 21.5. The molecule has 6 aromatic carbocycles. The van der Waals surface area contributed by atoms with Crippen molar-refractivity contribution in [1.82, 2.24) is 0 Å². The average Bonchev–Trinajstić information content (AvgIpc) is 3.81. The lowest BCUT2D eigenvalue weighted by molar-refractivity contribution is 0.199. The highest BCUT2D eigenvalue weighted by Crippen LogP contribution is 2.64. The molecular formula is C64H73BN2S. The first-order valence-corrected chi connectivity index (χ1v) is 27.8. The highest BCUT2D eigenvalue weighted by atomic mass is 32.1. The minimum absolute atomic E-state index is 0.0257. The van der Waals surface area contributed by atoms with Crippen molar-refractivity contribution in [3.8, 4) is 22.3 Å². The molecule has 4 heteroatoms. The van der Waals surface area contributed by atoms with Crippen LogP contribution < -0.4 is 20.6 Å². The van der Waals surface area contributed by atoms with Crippen molar-refractivity contribution in [3.05, 3.63) is 130 Å². The fraction of sp³-hybridized carbons (Fsp3) is 0.438. The molecule has 1 saturated carbocycles. The quantitative estimate of drug-likeness (QED) is 0.119. The number of hydrogen-bond acceptors (Lipinski definition) is 3. The van der Waals surface area contributed by atoms with Crippen molar-refractivity contribution < 1.29 is 0 Å². The highest BCUT2D eigenvalue weighted by molar-refractivity contribution is 7.26. The van der Waals surface area contributed by atoms with Gasteiger partial charge in [0.25, 0.3) is 0 Å². The Morgan fingerprint density at radius 1 is 0.544 bits per heavy atom. The van der Waals surface area contributed by atoms with E-state index in [2.05, 4.69) is 169 Å². The topological polar surface area (TPSA) is 6.48 Å². The third-order valence-electron chi connectivity index (χ3n) is 18.6. The summed E-state index contributed by atoms with van der Waals surface area (Å²) < 4.78 is 2.84. The largest absolute Gasteiger partial charge is 0.400 e. The van der Waals surface area contributed by atoms with Crippen molar-refractivity contribution in [2.75, 3.05) is 9.71 Å². The van der Waals surface area contributed by atoms with E-state index in [0.29, 0.717) is 0 Å². The number of hydrogen-bond donors (Lipinski definition) is 0. The van der Waals surface area contributed by atoms with E-state index >= 15 is 0 Å². The first kappa shape index (κ1) is 44.4. The summed E-state index contributed by atoms with van der Waals surface area (Å²) in [5.41, 5.74) is 23.7. The van der Waals surface area contributed by atoms with E-state index in [0.717, 1.165) is 19.3 Å². The van der Waals surface area contributed by atoms with Crippen LogP contribution in [0.4, 0.5) is 22.7 Å². The number of anilines is 4. The molecule has 0 amide bonds. The molecule has 0 bridgehead atoms. The summed E-state index contributed by atoms with van der Waals surface area (Å²) in [5, 5.41) is 2.89. The van der Waals surface area contributed by atoms with Crippen molar-refractivity contribution in [1.29, 1.82) is 0 Å². The second-order valence-corrected chi connectivity index (χ2v) is 24.8. The van der Waals surface area contributed by atoms with E-state index < -0.39 is 0 Å². The SMILES string of the molecule is CCCCc1ccc(N2c3cc(CCCC)cc4c3B(c3ccc5sc6cc7c(cc6c5c32)C(C)(C)CCC7(C)C)N2c3c-4cc(CCCC)cc3C3(C)CCCCC23C)c(-c2ccccc2)c1. The number of unbranched alkanes of at least 4 members (excludes halogenated alkanes) is 3. The number of thiophene rings is 1. The van der Waals surface area contributed by atoms with Gasteiger partial charge in [-0.1, -0.05) is 142 Å². The van der Waals surface area contributed by atoms with Gasteiger partial charge < -0.3 is 9.71 Å². The summed E-state index contributed by atoms with van der Waals surface area (Å²) in [5.74, 6) is 0. The van der Waals surface area contributed by atoms with Gasteiger partial charge in [0, 0.05) is 53.6 Å². The Kier molecular flexibility index (Phi) is 10.5. The maximum Gasteiger partial charge on any atom is 0.328 e. The minimum Gasteiger partial charge on any atom is -0.400 e. The van der Waals surface area contributed by atoms with Crippen molar-refractivity contribution in [2.24, 2.45) is 0 Å². The third-order valence-corrected chi connectivity index (χ3v) is 19.7. The molecule has 2 unspecified atom stereocenters. The molecule has 2 atom stereocenters. The highest BCUT2D eigenvalue weighted by Gasteiger charge is 2.63. The number of benzene rings is 6. The fourth-order valence-corrected chi connectivity index (χ4v) is 15.5. The van der Waals surface area contributed by atoms with Gasteiger partial charge in [-0.25, -0.2) is 0 Å². The van der Waals surface area contributed by atoms with Gasteiger partial charge in [0.05, 0.1) is 11.4 Å². The molecule has 2 nitrogen and oxygen atoms in total. The van der Waals surface area contributed by atoms with E-state index in [9.17, 15) is 0 Å².